The second-order valence-electron chi connectivity index (χ2n) is 7.18. The zero-order valence-electron chi connectivity index (χ0n) is 17.5. The van der Waals surface area contributed by atoms with E-state index < -0.39 is 11.5 Å². The Morgan fingerprint density at radius 3 is 2.59 bits per heavy atom. The molecule has 8 nitrogen and oxygen atoms in total. The van der Waals surface area contributed by atoms with Gasteiger partial charge in [-0.3, -0.25) is 5.32 Å². The molecule has 2 aromatic heterocycles. The average molecular weight is 397 g/mol. The summed E-state index contributed by atoms with van der Waals surface area (Å²) in [5.41, 5.74) is 2.68. The van der Waals surface area contributed by atoms with Crippen molar-refractivity contribution < 1.29 is 13.9 Å². The van der Waals surface area contributed by atoms with Gasteiger partial charge in [0.25, 0.3) is 0 Å². The van der Waals surface area contributed by atoms with Gasteiger partial charge in [-0.05, 0) is 67.8 Å². The molecule has 3 rings (SSSR count). The summed E-state index contributed by atoms with van der Waals surface area (Å²) in [6.45, 7) is 10.7. The van der Waals surface area contributed by atoms with Crippen LogP contribution in [0, 0.1) is 13.8 Å². The third-order valence-corrected chi connectivity index (χ3v) is 5.11. The summed E-state index contributed by atoms with van der Waals surface area (Å²) < 4.78 is 12.4. The number of para-hydroxylation sites is 1. The van der Waals surface area contributed by atoms with E-state index in [0.717, 1.165) is 29.1 Å². The SMILES string of the molecule is CCOC(=O)c1ccc(CN[C@@](C)(CC)c2nnnn2-c2c(C)cccc2C)o1. The van der Waals surface area contributed by atoms with Gasteiger partial charge in [0.15, 0.2) is 5.82 Å². The molecule has 3 aromatic rings. The highest BCUT2D eigenvalue weighted by atomic mass is 16.5. The summed E-state index contributed by atoms with van der Waals surface area (Å²) in [4.78, 5) is 11.8. The minimum Gasteiger partial charge on any atom is -0.460 e. The number of aromatic nitrogens is 4. The molecule has 0 radical (unpaired) electrons. The molecule has 1 N–H and O–H groups in total. The molecule has 0 fully saturated rings. The highest BCUT2D eigenvalue weighted by molar-refractivity contribution is 5.86. The van der Waals surface area contributed by atoms with Gasteiger partial charge in [-0.15, -0.1) is 5.10 Å². The van der Waals surface area contributed by atoms with E-state index in [1.54, 1.807) is 23.7 Å². The Hall–Kier alpha value is -3.00. The van der Waals surface area contributed by atoms with Crippen LogP contribution in [0.15, 0.2) is 34.7 Å². The number of ether oxygens (including phenoxy) is 1. The summed E-state index contributed by atoms with van der Waals surface area (Å²) >= 11 is 0. The molecule has 1 aromatic carbocycles. The molecular weight excluding hydrogens is 370 g/mol. The molecule has 0 aliphatic carbocycles. The number of furan rings is 1. The minimum atomic E-state index is -0.505. The maximum atomic E-state index is 11.8. The second-order valence-corrected chi connectivity index (χ2v) is 7.18. The first-order valence-electron chi connectivity index (χ1n) is 9.76. The molecule has 0 bridgehead atoms. The minimum absolute atomic E-state index is 0.197. The predicted molar refractivity (Wildman–Crippen MR) is 108 cm³/mol. The van der Waals surface area contributed by atoms with Gasteiger partial charge in [0.05, 0.1) is 24.4 Å². The van der Waals surface area contributed by atoms with Crippen LogP contribution >= 0.6 is 0 Å². The second kappa shape index (κ2) is 8.57. The van der Waals surface area contributed by atoms with Crippen molar-refractivity contribution in [3.63, 3.8) is 0 Å². The summed E-state index contributed by atoms with van der Waals surface area (Å²) in [6.07, 6.45) is 0.754. The van der Waals surface area contributed by atoms with E-state index in [1.807, 2.05) is 32.0 Å². The highest BCUT2D eigenvalue weighted by Crippen LogP contribution is 2.27. The summed E-state index contributed by atoms with van der Waals surface area (Å²) in [7, 11) is 0. The van der Waals surface area contributed by atoms with Gasteiger partial charge in [0, 0.05) is 0 Å². The first-order valence-corrected chi connectivity index (χ1v) is 9.76. The van der Waals surface area contributed by atoms with Crippen LogP contribution < -0.4 is 5.32 Å². The predicted octanol–water partition coefficient (Wildman–Crippen LogP) is 3.46. The van der Waals surface area contributed by atoms with E-state index in [2.05, 4.69) is 34.7 Å². The number of esters is 1. The van der Waals surface area contributed by atoms with Crippen molar-refractivity contribution >= 4 is 5.97 Å². The van der Waals surface area contributed by atoms with E-state index in [1.165, 1.54) is 0 Å². The molecule has 154 valence electrons. The number of benzene rings is 1. The monoisotopic (exact) mass is 397 g/mol. The van der Waals surface area contributed by atoms with Crippen molar-refractivity contribution in [3.05, 3.63) is 58.8 Å². The van der Waals surface area contributed by atoms with E-state index in [9.17, 15) is 4.79 Å². The van der Waals surface area contributed by atoms with Crippen molar-refractivity contribution in [1.29, 1.82) is 0 Å². The molecule has 0 unspecified atom stereocenters. The topological polar surface area (TPSA) is 95.1 Å². The molecule has 0 saturated carbocycles. The Morgan fingerprint density at radius 1 is 1.21 bits per heavy atom. The Bertz CT molecular complexity index is 974. The number of carbonyl (C=O) groups excluding carboxylic acids is 1. The summed E-state index contributed by atoms with van der Waals surface area (Å²) in [5, 5.41) is 16.0. The molecule has 0 amide bonds. The first-order chi connectivity index (χ1) is 13.9. The fourth-order valence-electron chi connectivity index (χ4n) is 3.25. The van der Waals surface area contributed by atoms with Gasteiger partial charge < -0.3 is 9.15 Å². The smallest absolute Gasteiger partial charge is 0.374 e. The van der Waals surface area contributed by atoms with Crippen molar-refractivity contribution in [1.82, 2.24) is 25.5 Å². The van der Waals surface area contributed by atoms with E-state index >= 15 is 0 Å². The van der Waals surface area contributed by atoms with Crippen LogP contribution in [0.4, 0.5) is 0 Å². The molecule has 29 heavy (non-hydrogen) atoms. The number of hydrogen-bond acceptors (Lipinski definition) is 7. The van der Waals surface area contributed by atoms with E-state index in [-0.39, 0.29) is 5.76 Å². The van der Waals surface area contributed by atoms with Gasteiger partial charge >= 0.3 is 5.97 Å². The molecule has 0 aliphatic heterocycles. The number of carbonyl (C=O) groups is 1. The molecule has 8 heteroatoms. The van der Waals surface area contributed by atoms with Gasteiger partial charge in [0.1, 0.15) is 5.76 Å². The summed E-state index contributed by atoms with van der Waals surface area (Å²) in [6, 6.07) is 9.50. The number of hydrogen-bond donors (Lipinski definition) is 1. The van der Waals surface area contributed by atoms with Crippen molar-refractivity contribution in [2.24, 2.45) is 0 Å². The van der Waals surface area contributed by atoms with Crippen LogP contribution in [0.2, 0.25) is 0 Å². The first kappa shape index (κ1) is 20.7. The quantitative estimate of drug-likeness (QED) is 0.582. The lowest BCUT2D eigenvalue weighted by Gasteiger charge is -2.28. The lowest BCUT2D eigenvalue weighted by atomic mass is 9.97. The van der Waals surface area contributed by atoms with Crippen LogP contribution in [-0.2, 0) is 16.8 Å². The lowest BCUT2D eigenvalue weighted by Crippen LogP contribution is -2.41. The zero-order chi connectivity index (χ0) is 21.0. The van der Waals surface area contributed by atoms with Crippen molar-refractivity contribution in [2.75, 3.05) is 6.61 Å². The Kier molecular flexibility index (Phi) is 6.12. The molecule has 0 spiro atoms. The van der Waals surface area contributed by atoms with Crippen LogP contribution in [0.3, 0.4) is 0 Å². The Balaban J connectivity index is 1.85. The molecule has 0 saturated heterocycles. The van der Waals surface area contributed by atoms with Crippen molar-refractivity contribution in [3.8, 4) is 5.69 Å². The number of tetrazole rings is 1. The van der Waals surface area contributed by atoms with Crippen LogP contribution in [0.5, 0.6) is 0 Å². The van der Waals surface area contributed by atoms with Gasteiger partial charge in [-0.1, -0.05) is 25.1 Å². The maximum absolute atomic E-state index is 11.8. The Labute approximate surface area is 170 Å². The van der Waals surface area contributed by atoms with Gasteiger partial charge in [0.2, 0.25) is 5.76 Å². The summed E-state index contributed by atoms with van der Waals surface area (Å²) in [5.74, 6) is 1.09. The number of aryl methyl sites for hydroxylation is 2. The van der Waals surface area contributed by atoms with Gasteiger partial charge in [-0.25, -0.2) is 4.79 Å². The lowest BCUT2D eigenvalue weighted by molar-refractivity contribution is 0.0487. The molecule has 2 heterocycles. The van der Waals surface area contributed by atoms with E-state index in [4.69, 9.17) is 9.15 Å². The molecule has 1 atom stereocenters. The maximum Gasteiger partial charge on any atom is 0.374 e. The zero-order valence-corrected chi connectivity index (χ0v) is 17.5. The molecule has 0 aliphatic rings. The third kappa shape index (κ3) is 4.22. The number of nitrogens with zero attached hydrogens (tertiary/aromatic N) is 4. The number of nitrogens with one attached hydrogen (secondary N) is 1. The normalized spacial score (nSPS) is 13.3. The largest absolute Gasteiger partial charge is 0.460 e. The van der Waals surface area contributed by atoms with E-state index in [0.29, 0.717) is 18.9 Å². The molecular formula is C21H27N5O3. The van der Waals surface area contributed by atoms with Crippen LogP contribution in [0.25, 0.3) is 5.69 Å². The highest BCUT2D eigenvalue weighted by Gasteiger charge is 2.32. The fourth-order valence-corrected chi connectivity index (χ4v) is 3.25. The number of rotatable bonds is 8. The standard InChI is InChI=1S/C21H27N5O3/c1-6-21(5,22-13-16-11-12-17(29-16)19(27)28-7-2)20-23-24-25-26(20)18-14(3)9-8-10-15(18)4/h8-12,22H,6-7,13H2,1-5H3/t21-/m0/s1. The Morgan fingerprint density at radius 2 is 1.93 bits per heavy atom. The van der Waals surface area contributed by atoms with Crippen LogP contribution in [-0.4, -0.2) is 32.8 Å². The van der Waals surface area contributed by atoms with Crippen LogP contribution in [0.1, 0.15) is 60.5 Å². The third-order valence-electron chi connectivity index (χ3n) is 5.11. The fraction of sp³-hybridized carbons (Fsp3) is 0.429. The van der Waals surface area contributed by atoms with Gasteiger partial charge in [-0.2, -0.15) is 4.68 Å². The van der Waals surface area contributed by atoms with Crippen molar-refractivity contribution in [2.45, 2.75) is 53.1 Å². The average Bonchev–Trinajstić information content (AvgIpc) is 3.36.